The number of nitrogens with one attached hydrogen (secondary N) is 1. The van der Waals surface area contributed by atoms with Crippen LogP contribution in [0.4, 0.5) is 0 Å². The predicted molar refractivity (Wildman–Crippen MR) is 94.8 cm³/mol. The van der Waals surface area contributed by atoms with Crippen LogP contribution in [0.1, 0.15) is 23.2 Å². The van der Waals surface area contributed by atoms with Crippen LogP contribution in [-0.2, 0) is 4.74 Å². The molecular formula is C20H23NO4. The van der Waals surface area contributed by atoms with Gasteiger partial charge < -0.3 is 19.9 Å². The molecule has 1 aliphatic heterocycles. The maximum absolute atomic E-state index is 12.1. The molecule has 2 N–H and O–H groups in total. The lowest BCUT2D eigenvalue weighted by Crippen LogP contribution is -2.37. The first-order valence-electron chi connectivity index (χ1n) is 8.57. The number of phenols is 1. The lowest BCUT2D eigenvalue weighted by molar-refractivity contribution is -0.0365. The molecular weight excluding hydrogens is 318 g/mol. The van der Waals surface area contributed by atoms with Crippen molar-refractivity contribution in [2.75, 3.05) is 19.8 Å². The third kappa shape index (κ3) is 5.22. The van der Waals surface area contributed by atoms with Crippen molar-refractivity contribution in [1.29, 1.82) is 0 Å². The van der Waals surface area contributed by atoms with E-state index in [-0.39, 0.29) is 17.8 Å². The zero-order valence-electron chi connectivity index (χ0n) is 14.1. The first kappa shape index (κ1) is 17.3. The number of aromatic hydroxyl groups is 1. The smallest absolute Gasteiger partial charge is 0.251 e. The van der Waals surface area contributed by atoms with Gasteiger partial charge in [0.15, 0.2) is 0 Å². The molecule has 0 bridgehead atoms. The topological polar surface area (TPSA) is 67.8 Å². The van der Waals surface area contributed by atoms with Crippen LogP contribution in [0.15, 0.2) is 54.6 Å². The molecule has 1 heterocycles. The van der Waals surface area contributed by atoms with E-state index < -0.39 is 0 Å². The fraction of sp³-hybridized carbons (Fsp3) is 0.350. The summed E-state index contributed by atoms with van der Waals surface area (Å²) in [6.45, 7) is 1.77. The van der Waals surface area contributed by atoms with Crippen molar-refractivity contribution in [2.45, 2.75) is 18.9 Å². The Labute approximate surface area is 147 Å². The van der Waals surface area contributed by atoms with Gasteiger partial charge >= 0.3 is 0 Å². The van der Waals surface area contributed by atoms with E-state index in [1.54, 1.807) is 12.1 Å². The average molecular weight is 341 g/mol. The number of para-hydroxylation sites is 1. The largest absolute Gasteiger partial charge is 0.508 e. The van der Waals surface area contributed by atoms with Crippen LogP contribution in [-0.4, -0.2) is 36.9 Å². The monoisotopic (exact) mass is 341 g/mol. The number of carbonyl (C=O) groups excluding carboxylic acids is 1. The summed E-state index contributed by atoms with van der Waals surface area (Å²) in [6, 6.07) is 16.0. The summed E-state index contributed by atoms with van der Waals surface area (Å²) >= 11 is 0. The zero-order valence-corrected chi connectivity index (χ0v) is 14.1. The molecule has 0 unspecified atom stereocenters. The Balaban J connectivity index is 1.36. The second-order valence-electron chi connectivity index (χ2n) is 6.28. The molecule has 0 aliphatic carbocycles. The molecule has 0 aromatic heterocycles. The second kappa shape index (κ2) is 8.53. The Kier molecular flexibility index (Phi) is 5.90. The van der Waals surface area contributed by atoms with Crippen LogP contribution >= 0.6 is 0 Å². The summed E-state index contributed by atoms with van der Waals surface area (Å²) < 4.78 is 11.6. The Bertz CT molecular complexity index is 664. The first-order chi connectivity index (χ1) is 12.2. The average Bonchev–Trinajstić information content (AvgIpc) is 2.67. The number of phenolic OH excluding ortho intramolecular Hbond substituents is 1. The van der Waals surface area contributed by atoms with Gasteiger partial charge in [0.25, 0.3) is 5.91 Å². The van der Waals surface area contributed by atoms with E-state index in [1.807, 2.05) is 30.3 Å². The number of hydrogen-bond donors (Lipinski definition) is 2. The van der Waals surface area contributed by atoms with Gasteiger partial charge in [-0.15, -0.1) is 0 Å². The molecule has 2 atom stereocenters. The molecule has 0 radical (unpaired) electrons. The molecule has 25 heavy (non-hydrogen) atoms. The Morgan fingerprint density at radius 1 is 1.12 bits per heavy atom. The van der Waals surface area contributed by atoms with E-state index in [2.05, 4.69) is 5.32 Å². The molecule has 1 amide bonds. The van der Waals surface area contributed by atoms with Crippen LogP contribution < -0.4 is 10.1 Å². The minimum atomic E-state index is -0.130. The molecule has 132 valence electrons. The number of carbonyl (C=O) groups is 1. The molecule has 5 nitrogen and oxygen atoms in total. The Morgan fingerprint density at radius 3 is 2.56 bits per heavy atom. The molecule has 2 aromatic carbocycles. The van der Waals surface area contributed by atoms with Crippen molar-refractivity contribution in [2.24, 2.45) is 5.92 Å². The molecule has 0 saturated carbocycles. The molecule has 3 rings (SSSR count). The summed E-state index contributed by atoms with van der Waals surface area (Å²) in [7, 11) is 0. The van der Waals surface area contributed by atoms with Gasteiger partial charge in [0.05, 0.1) is 12.7 Å². The van der Waals surface area contributed by atoms with Gasteiger partial charge in [-0.05, 0) is 55.2 Å². The van der Waals surface area contributed by atoms with Gasteiger partial charge in [0.2, 0.25) is 0 Å². The maximum atomic E-state index is 12.1. The van der Waals surface area contributed by atoms with Crippen molar-refractivity contribution in [3.05, 3.63) is 60.2 Å². The van der Waals surface area contributed by atoms with Gasteiger partial charge in [-0.3, -0.25) is 4.79 Å². The standard InChI is InChI=1S/C20H23NO4/c22-17-9-7-16(8-10-17)20(23)21-12-15-6-11-19(24-13-15)14-25-18-4-2-1-3-5-18/h1-5,7-10,15,19,22H,6,11-14H2,(H,21,23)/t15-,19-/m1/s1. The summed E-state index contributed by atoms with van der Waals surface area (Å²) in [4.78, 5) is 12.1. The van der Waals surface area contributed by atoms with Crippen LogP contribution in [0, 0.1) is 5.92 Å². The predicted octanol–water partition coefficient (Wildman–Crippen LogP) is 3.00. The van der Waals surface area contributed by atoms with Crippen molar-refractivity contribution >= 4 is 5.91 Å². The summed E-state index contributed by atoms with van der Waals surface area (Å²) in [5, 5.41) is 12.2. The van der Waals surface area contributed by atoms with Crippen LogP contribution in [0.3, 0.4) is 0 Å². The SMILES string of the molecule is O=C(NC[C@H]1CC[C@H](COc2ccccc2)OC1)c1ccc(O)cc1. The van der Waals surface area contributed by atoms with E-state index in [9.17, 15) is 9.90 Å². The summed E-state index contributed by atoms with van der Waals surface area (Å²) in [5.74, 6) is 1.19. The van der Waals surface area contributed by atoms with Gasteiger partial charge in [-0.2, -0.15) is 0 Å². The second-order valence-corrected chi connectivity index (χ2v) is 6.28. The minimum Gasteiger partial charge on any atom is -0.508 e. The van der Waals surface area contributed by atoms with Gasteiger partial charge in [-0.1, -0.05) is 18.2 Å². The number of benzene rings is 2. The normalized spacial score (nSPS) is 20.0. The summed E-state index contributed by atoms with van der Waals surface area (Å²) in [5.41, 5.74) is 0.545. The fourth-order valence-corrected chi connectivity index (χ4v) is 2.81. The van der Waals surface area contributed by atoms with E-state index in [0.717, 1.165) is 18.6 Å². The lowest BCUT2D eigenvalue weighted by atomic mass is 9.98. The van der Waals surface area contributed by atoms with Crippen LogP contribution in [0.5, 0.6) is 11.5 Å². The molecule has 0 spiro atoms. The molecule has 2 aromatic rings. The Hall–Kier alpha value is -2.53. The van der Waals surface area contributed by atoms with E-state index in [4.69, 9.17) is 9.47 Å². The Morgan fingerprint density at radius 2 is 1.88 bits per heavy atom. The molecule has 1 fully saturated rings. The zero-order chi connectivity index (χ0) is 17.5. The number of ether oxygens (including phenoxy) is 2. The first-order valence-corrected chi connectivity index (χ1v) is 8.57. The third-order valence-electron chi connectivity index (χ3n) is 4.32. The summed E-state index contributed by atoms with van der Waals surface area (Å²) in [6.07, 6.45) is 2.02. The van der Waals surface area contributed by atoms with Crippen molar-refractivity contribution < 1.29 is 19.4 Å². The van der Waals surface area contributed by atoms with Crippen LogP contribution in [0.2, 0.25) is 0 Å². The van der Waals surface area contributed by atoms with Gasteiger partial charge in [-0.25, -0.2) is 0 Å². The van der Waals surface area contributed by atoms with Crippen molar-refractivity contribution in [1.82, 2.24) is 5.32 Å². The van der Waals surface area contributed by atoms with Gasteiger partial charge in [0.1, 0.15) is 18.1 Å². The molecule has 5 heteroatoms. The van der Waals surface area contributed by atoms with Crippen LogP contribution in [0.25, 0.3) is 0 Å². The number of hydrogen-bond acceptors (Lipinski definition) is 4. The van der Waals surface area contributed by atoms with E-state index in [0.29, 0.717) is 31.2 Å². The number of rotatable bonds is 6. The maximum Gasteiger partial charge on any atom is 0.251 e. The van der Waals surface area contributed by atoms with Gasteiger partial charge in [0, 0.05) is 12.1 Å². The third-order valence-corrected chi connectivity index (χ3v) is 4.32. The van der Waals surface area contributed by atoms with Crippen molar-refractivity contribution in [3.63, 3.8) is 0 Å². The molecule has 1 aliphatic rings. The quantitative estimate of drug-likeness (QED) is 0.847. The fourth-order valence-electron chi connectivity index (χ4n) is 2.81. The van der Waals surface area contributed by atoms with E-state index >= 15 is 0 Å². The minimum absolute atomic E-state index is 0.101. The lowest BCUT2D eigenvalue weighted by Gasteiger charge is -2.29. The highest BCUT2D eigenvalue weighted by Gasteiger charge is 2.22. The highest BCUT2D eigenvalue weighted by Crippen LogP contribution is 2.20. The molecule has 1 saturated heterocycles. The number of amides is 1. The highest BCUT2D eigenvalue weighted by molar-refractivity contribution is 5.94. The van der Waals surface area contributed by atoms with E-state index in [1.165, 1.54) is 12.1 Å². The highest BCUT2D eigenvalue weighted by atomic mass is 16.5. The van der Waals surface area contributed by atoms with Crippen molar-refractivity contribution in [3.8, 4) is 11.5 Å².